The van der Waals surface area contributed by atoms with Gasteiger partial charge >= 0.3 is 5.97 Å². The quantitative estimate of drug-likeness (QED) is 0.135. The zero-order chi connectivity index (χ0) is 37.1. The zero-order valence-corrected chi connectivity index (χ0v) is 33.5. The third kappa shape index (κ3) is 9.66. The first-order valence-electron chi connectivity index (χ1n) is 17.4. The number of nitrogens with one attached hydrogen (secondary N) is 2. The van der Waals surface area contributed by atoms with Gasteiger partial charge in [-0.2, -0.15) is 0 Å². The average molecular weight is 826 g/mol. The molecule has 7 rings (SSSR count). The van der Waals surface area contributed by atoms with Crippen LogP contribution in [-0.2, 0) is 40.3 Å². The number of halogens is 4. The summed E-state index contributed by atoms with van der Waals surface area (Å²) < 4.78 is 23.6. The van der Waals surface area contributed by atoms with Crippen molar-refractivity contribution in [3.63, 3.8) is 0 Å². The minimum absolute atomic E-state index is 0. The van der Waals surface area contributed by atoms with Crippen LogP contribution in [0.4, 0.5) is 0 Å². The van der Waals surface area contributed by atoms with Crippen molar-refractivity contribution in [1.82, 2.24) is 15.6 Å². The minimum Gasteiger partial charge on any atom is -0.489 e. The number of aryl methyl sites for hydroxylation is 1. The van der Waals surface area contributed by atoms with Crippen molar-refractivity contribution in [2.75, 3.05) is 13.7 Å². The molecule has 0 spiro atoms. The number of methoxy groups -OCH3 is 1. The number of esters is 1. The Labute approximate surface area is 342 Å². The van der Waals surface area contributed by atoms with Crippen LogP contribution in [0, 0.1) is 13.8 Å². The highest BCUT2D eigenvalue weighted by Crippen LogP contribution is 2.40. The Kier molecular flexibility index (Phi) is 13.9. The zero-order valence-electron chi connectivity index (χ0n) is 30.4. The Bertz CT molecular complexity index is 2150. The number of rotatable bonds is 10. The van der Waals surface area contributed by atoms with E-state index in [4.69, 9.17) is 42.1 Å². The maximum atomic E-state index is 13.5. The van der Waals surface area contributed by atoms with Gasteiger partial charge in [-0.3, -0.25) is 9.78 Å². The van der Waals surface area contributed by atoms with Crippen molar-refractivity contribution in [2.24, 2.45) is 0 Å². The summed E-state index contributed by atoms with van der Waals surface area (Å²) in [5.41, 5.74) is 9.06. The molecular weight excluding hydrogens is 784 g/mol. The summed E-state index contributed by atoms with van der Waals surface area (Å²) in [6, 6.07) is 25.7. The molecule has 55 heavy (non-hydrogen) atoms. The first kappa shape index (κ1) is 41.6. The molecule has 3 heterocycles. The SMILES string of the molecule is COC(=O)[C@H](Cc1ccc(-c2ccnc(C)c2C)cc1)NC(=O)[C@@H]1Cc2cc3c(cc2CN1)O[C@@H](c1ccc(OCc2ccc(Cl)c(Cl)c2)cc1)CO3.Cl.Cl. The molecular formula is C42H41Cl4N3O6. The van der Waals surface area contributed by atoms with Gasteiger partial charge in [0.1, 0.15) is 25.0 Å². The predicted octanol–water partition coefficient (Wildman–Crippen LogP) is 8.52. The number of carbonyl (C=O) groups excluding carboxylic acids is 2. The molecule has 288 valence electrons. The van der Waals surface area contributed by atoms with Crippen molar-refractivity contribution in [3.8, 4) is 28.4 Å². The fourth-order valence-corrected chi connectivity index (χ4v) is 6.94. The van der Waals surface area contributed by atoms with Gasteiger partial charge in [-0.05, 0) is 107 Å². The predicted molar refractivity (Wildman–Crippen MR) is 218 cm³/mol. The number of ether oxygens (including phenoxy) is 4. The number of pyridine rings is 1. The highest BCUT2D eigenvalue weighted by atomic mass is 35.5. The Morgan fingerprint density at radius 2 is 1.64 bits per heavy atom. The van der Waals surface area contributed by atoms with Crippen LogP contribution in [0.3, 0.4) is 0 Å². The summed E-state index contributed by atoms with van der Waals surface area (Å²) in [4.78, 5) is 30.7. The van der Waals surface area contributed by atoms with Crippen LogP contribution >= 0.6 is 48.0 Å². The van der Waals surface area contributed by atoms with E-state index in [9.17, 15) is 9.59 Å². The molecule has 3 atom stereocenters. The lowest BCUT2D eigenvalue weighted by Crippen LogP contribution is -2.53. The molecule has 0 unspecified atom stereocenters. The Morgan fingerprint density at radius 3 is 2.36 bits per heavy atom. The third-order valence-electron chi connectivity index (χ3n) is 9.81. The molecule has 0 fully saturated rings. The van der Waals surface area contributed by atoms with Gasteiger partial charge in [-0.15, -0.1) is 24.8 Å². The standard InChI is InChI=1S/C42H39Cl2N3O6.2ClH/c1-24-25(2)45-15-14-33(24)28-7-4-26(5-8-28)17-37(42(49)50-3)47-41(48)36-18-30-19-38-39(20-31(30)21-46-36)53-40(23-52-38)29-9-11-32(12-10-29)51-22-27-6-13-34(43)35(44)16-27;;/h4-16,19-20,36-37,40,46H,17-18,21-23H2,1-3H3,(H,47,48);2*1H/t36-,37-,40+;;/m0../s1. The van der Waals surface area contributed by atoms with E-state index >= 15 is 0 Å². The number of aromatic nitrogens is 1. The van der Waals surface area contributed by atoms with Crippen LogP contribution in [-0.4, -0.2) is 42.7 Å². The fraction of sp³-hybridized carbons (Fsp3) is 0.262. The van der Waals surface area contributed by atoms with Crippen molar-refractivity contribution >= 4 is 59.9 Å². The summed E-state index contributed by atoms with van der Waals surface area (Å²) in [5.74, 6) is 1.23. The van der Waals surface area contributed by atoms with Gasteiger partial charge in [0.25, 0.3) is 0 Å². The lowest BCUT2D eigenvalue weighted by Gasteiger charge is -2.31. The molecule has 9 nitrogen and oxygen atoms in total. The van der Waals surface area contributed by atoms with Crippen molar-refractivity contribution in [3.05, 3.63) is 140 Å². The van der Waals surface area contributed by atoms with Gasteiger partial charge in [0.2, 0.25) is 5.91 Å². The molecule has 2 aliphatic rings. The molecule has 5 aromatic rings. The molecule has 13 heteroatoms. The highest BCUT2D eigenvalue weighted by Gasteiger charge is 2.31. The Morgan fingerprint density at radius 1 is 0.909 bits per heavy atom. The summed E-state index contributed by atoms with van der Waals surface area (Å²) in [5, 5.41) is 7.26. The summed E-state index contributed by atoms with van der Waals surface area (Å²) in [6.45, 7) is 5.20. The van der Waals surface area contributed by atoms with Gasteiger partial charge in [0, 0.05) is 24.9 Å². The minimum atomic E-state index is -0.841. The van der Waals surface area contributed by atoms with Crippen LogP contribution in [0.2, 0.25) is 10.0 Å². The number of fused-ring (bicyclic) bond motifs is 2. The van der Waals surface area contributed by atoms with Gasteiger partial charge in [0.05, 0.1) is 23.2 Å². The van der Waals surface area contributed by atoms with Gasteiger partial charge in [-0.1, -0.05) is 65.7 Å². The molecule has 4 aromatic carbocycles. The van der Waals surface area contributed by atoms with E-state index in [1.165, 1.54) is 7.11 Å². The van der Waals surface area contributed by atoms with Crippen LogP contribution < -0.4 is 24.8 Å². The number of carbonyl (C=O) groups is 2. The topological polar surface area (TPSA) is 108 Å². The monoisotopic (exact) mass is 823 g/mol. The van der Waals surface area contributed by atoms with E-state index in [1.54, 1.807) is 18.3 Å². The first-order chi connectivity index (χ1) is 25.6. The Balaban J connectivity index is 0.00000290. The van der Waals surface area contributed by atoms with Crippen LogP contribution in [0.1, 0.15) is 45.2 Å². The van der Waals surface area contributed by atoms with Crippen LogP contribution in [0.15, 0.2) is 91.1 Å². The van der Waals surface area contributed by atoms with Gasteiger partial charge in [-0.25, -0.2) is 4.79 Å². The molecule has 0 aliphatic carbocycles. The molecule has 1 aromatic heterocycles. The van der Waals surface area contributed by atoms with Gasteiger partial charge < -0.3 is 29.6 Å². The molecule has 0 radical (unpaired) electrons. The van der Waals surface area contributed by atoms with Gasteiger partial charge in [0.15, 0.2) is 17.6 Å². The normalized spacial score (nSPS) is 16.0. The van der Waals surface area contributed by atoms with Crippen molar-refractivity contribution < 1.29 is 28.5 Å². The summed E-state index contributed by atoms with van der Waals surface area (Å²) in [6.07, 6.45) is 2.23. The largest absolute Gasteiger partial charge is 0.489 e. The number of amides is 1. The second-order valence-electron chi connectivity index (χ2n) is 13.3. The van der Waals surface area contributed by atoms with Crippen LogP contribution in [0.5, 0.6) is 17.2 Å². The molecule has 2 N–H and O–H groups in total. The summed E-state index contributed by atoms with van der Waals surface area (Å²) >= 11 is 12.1. The Hall–Kier alpha value is -4.51. The van der Waals surface area contributed by atoms with E-state index < -0.39 is 18.1 Å². The third-order valence-corrected chi connectivity index (χ3v) is 10.5. The number of hydrogen-bond acceptors (Lipinski definition) is 8. The van der Waals surface area contributed by atoms with Crippen LogP contribution in [0.25, 0.3) is 11.1 Å². The maximum Gasteiger partial charge on any atom is 0.328 e. The second-order valence-corrected chi connectivity index (χ2v) is 14.1. The smallest absolute Gasteiger partial charge is 0.328 e. The molecule has 2 aliphatic heterocycles. The maximum absolute atomic E-state index is 13.5. The fourth-order valence-electron chi connectivity index (χ4n) is 6.62. The highest BCUT2D eigenvalue weighted by molar-refractivity contribution is 6.42. The molecule has 0 saturated heterocycles. The van der Waals surface area contributed by atoms with E-state index in [2.05, 4.69) is 22.5 Å². The summed E-state index contributed by atoms with van der Waals surface area (Å²) in [7, 11) is 1.33. The average Bonchev–Trinajstić information content (AvgIpc) is 3.18. The van der Waals surface area contributed by atoms with Crippen molar-refractivity contribution in [2.45, 2.75) is 58.0 Å². The van der Waals surface area contributed by atoms with E-state index in [-0.39, 0.29) is 36.8 Å². The number of nitrogens with zero attached hydrogens (tertiary/aromatic N) is 1. The number of benzene rings is 4. The lowest BCUT2D eigenvalue weighted by molar-refractivity contribution is -0.145. The molecule has 0 bridgehead atoms. The van der Waals surface area contributed by atoms with E-state index in [1.807, 2.05) is 79.7 Å². The van der Waals surface area contributed by atoms with Crippen molar-refractivity contribution in [1.29, 1.82) is 0 Å². The molecule has 1 amide bonds. The van der Waals surface area contributed by atoms with E-state index in [0.29, 0.717) is 59.9 Å². The number of hydrogen-bond donors (Lipinski definition) is 2. The van der Waals surface area contributed by atoms with E-state index in [0.717, 1.165) is 50.2 Å². The first-order valence-corrected chi connectivity index (χ1v) is 18.2. The lowest BCUT2D eigenvalue weighted by atomic mass is 9.94. The molecule has 0 saturated carbocycles. The second kappa shape index (κ2) is 18.4.